The van der Waals surface area contributed by atoms with Crippen molar-refractivity contribution in [2.24, 2.45) is 0 Å². The van der Waals surface area contributed by atoms with Crippen molar-refractivity contribution < 1.29 is 0 Å². The van der Waals surface area contributed by atoms with Gasteiger partial charge in [0.1, 0.15) is 0 Å². The van der Waals surface area contributed by atoms with Gasteiger partial charge in [-0.15, -0.1) is 0 Å². The van der Waals surface area contributed by atoms with Gasteiger partial charge in [-0.25, -0.2) is 9.97 Å². The Morgan fingerprint density at radius 1 is 0.391 bits per heavy atom. The van der Waals surface area contributed by atoms with E-state index in [2.05, 4.69) is 154 Å². The Balaban J connectivity index is 1.20. The third-order valence-electron chi connectivity index (χ3n) is 8.81. The fraction of sp³-hybridized carbons (Fsp3) is 0. The van der Waals surface area contributed by atoms with Gasteiger partial charge in [-0.05, 0) is 41.1 Å². The van der Waals surface area contributed by atoms with E-state index in [1.807, 2.05) is 0 Å². The summed E-state index contributed by atoms with van der Waals surface area (Å²) in [5.41, 5.74) is 11.0. The number of imidazole rings is 2. The minimum absolute atomic E-state index is 0.996. The summed E-state index contributed by atoms with van der Waals surface area (Å²) in [4.78, 5) is 12.4. The van der Waals surface area contributed by atoms with E-state index in [-0.39, 0.29) is 0 Å². The quantitative estimate of drug-likeness (QED) is 0.195. The molecule has 4 nitrogen and oxygen atoms in total. The molecular formula is C40H24N4S2. The summed E-state index contributed by atoms with van der Waals surface area (Å²) in [6.45, 7) is 0. The smallest absolute Gasteiger partial charge is 0.195 e. The first-order chi connectivity index (χ1) is 22.8. The summed E-state index contributed by atoms with van der Waals surface area (Å²) in [5.74, 6) is 0. The van der Waals surface area contributed by atoms with Crippen molar-refractivity contribution in [3.63, 3.8) is 0 Å². The summed E-state index contributed by atoms with van der Waals surface area (Å²) < 4.78 is 7.11. The lowest BCUT2D eigenvalue weighted by Crippen LogP contribution is -1.92. The molecular weight excluding hydrogens is 601 g/mol. The number of thiazole rings is 2. The average molecular weight is 625 g/mol. The van der Waals surface area contributed by atoms with E-state index >= 15 is 0 Å². The molecule has 0 aliphatic heterocycles. The van der Waals surface area contributed by atoms with Crippen LogP contribution in [0.3, 0.4) is 0 Å². The standard InChI is InChI=1S/C40H24N4S2/c1-2-11-26(12-3-1)35-37(43-31-14-6-8-16-33(31)45-39(43)41-35)27-19-21-28(22-20-27)38-36(30-23-18-25-10-4-5-13-29(25)24-30)42-40-44(38)32-15-7-9-17-34(32)46-40/h1-24H. The molecule has 0 aliphatic rings. The predicted molar refractivity (Wildman–Crippen MR) is 194 cm³/mol. The maximum Gasteiger partial charge on any atom is 0.195 e. The summed E-state index contributed by atoms with van der Waals surface area (Å²) >= 11 is 3.47. The molecule has 0 saturated carbocycles. The molecule has 6 aromatic carbocycles. The van der Waals surface area contributed by atoms with E-state index in [0.717, 1.165) is 55.0 Å². The van der Waals surface area contributed by atoms with Crippen molar-refractivity contribution >= 4 is 63.8 Å². The van der Waals surface area contributed by atoms with Crippen LogP contribution in [0, 0.1) is 0 Å². The number of nitrogens with zero attached hydrogens (tertiary/aromatic N) is 4. The molecule has 46 heavy (non-hydrogen) atoms. The highest BCUT2D eigenvalue weighted by atomic mass is 32.1. The zero-order valence-corrected chi connectivity index (χ0v) is 26.1. The van der Waals surface area contributed by atoms with E-state index in [0.29, 0.717) is 0 Å². The normalized spacial score (nSPS) is 11.9. The van der Waals surface area contributed by atoms with Crippen molar-refractivity contribution in [2.45, 2.75) is 0 Å². The number of fused-ring (bicyclic) bond motifs is 7. The number of aromatic nitrogens is 4. The highest BCUT2D eigenvalue weighted by Crippen LogP contribution is 2.42. The molecule has 4 aromatic heterocycles. The molecule has 0 bridgehead atoms. The molecule has 0 atom stereocenters. The van der Waals surface area contributed by atoms with Crippen LogP contribution in [0.25, 0.3) is 86.2 Å². The van der Waals surface area contributed by atoms with Crippen molar-refractivity contribution in [3.8, 4) is 45.0 Å². The predicted octanol–water partition coefficient (Wildman–Crippen LogP) is 11.2. The van der Waals surface area contributed by atoms with Gasteiger partial charge in [0.25, 0.3) is 0 Å². The Hall–Kier alpha value is -5.56. The van der Waals surface area contributed by atoms with Crippen LogP contribution in [0.4, 0.5) is 0 Å². The molecule has 10 aromatic rings. The second-order valence-corrected chi connectivity index (χ2v) is 13.5. The minimum Gasteiger partial charge on any atom is -0.282 e. The van der Waals surface area contributed by atoms with Gasteiger partial charge >= 0.3 is 0 Å². The third-order valence-corrected chi connectivity index (χ3v) is 10.9. The first-order valence-corrected chi connectivity index (χ1v) is 16.9. The van der Waals surface area contributed by atoms with Gasteiger partial charge in [0.2, 0.25) is 0 Å². The molecule has 0 aliphatic carbocycles. The summed E-state index contributed by atoms with van der Waals surface area (Å²) in [7, 11) is 0. The first kappa shape index (κ1) is 25.7. The molecule has 0 unspecified atom stereocenters. The van der Waals surface area contributed by atoms with Gasteiger partial charge in [-0.1, -0.05) is 138 Å². The number of hydrogen-bond acceptors (Lipinski definition) is 4. The molecule has 216 valence electrons. The van der Waals surface area contributed by atoms with E-state index < -0.39 is 0 Å². The number of hydrogen-bond donors (Lipinski definition) is 0. The fourth-order valence-electron chi connectivity index (χ4n) is 6.69. The van der Waals surface area contributed by atoms with Gasteiger partial charge in [-0.3, -0.25) is 8.80 Å². The zero-order valence-electron chi connectivity index (χ0n) is 24.5. The van der Waals surface area contributed by atoms with Crippen LogP contribution in [0.2, 0.25) is 0 Å². The largest absolute Gasteiger partial charge is 0.282 e. The van der Waals surface area contributed by atoms with Crippen LogP contribution < -0.4 is 0 Å². The zero-order chi connectivity index (χ0) is 30.2. The number of rotatable bonds is 4. The van der Waals surface area contributed by atoms with Gasteiger partial charge < -0.3 is 0 Å². The number of para-hydroxylation sites is 2. The SMILES string of the molecule is c1ccc(-c2nc3sc4ccccc4n3c2-c2ccc(-c3c(-c4ccc5ccccc5c4)nc4sc5ccccc5n34)cc2)cc1. The van der Waals surface area contributed by atoms with Crippen molar-refractivity contribution in [3.05, 3.63) is 146 Å². The van der Waals surface area contributed by atoms with Crippen LogP contribution in [0.5, 0.6) is 0 Å². The minimum atomic E-state index is 0.996. The van der Waals surface area contributed by atoms with Gasteiger partial charge in [0, 0.05) is 22.3 Å². The van der Waals surface area contributed by atoms with Crippen LogP contribution in [-0.2, 0) is 0 Å². The van der Waals surface area contributed by atoms with Crippen LogP contribution >= 0.6 is 22.7 Å². The highest BCUT2D eigenvalue weighted by molar-refractivity contribution is 7.24. The Bertz CT molecular complexity index is 2740. The highest BCUT2D eigenvalue weighted by Gasteiger charge is 2.22. The summed E-state index contributed by atoms with van der Waals surface area (Å²) in [6, 6.07) is 51.8. The summed E-state index contributed by atoms with van der Waals surface area (Å²) in [5, 5.41) is 2.44. The van der Waals surface area contributed by atoms with Crippen molar-refractivity contribution in [1.82, 2.24) is 18.8 Å². The molecule has 4 heterocycles. The maximum atomic E-state index is 5.27. The van der Waals surface area contributed by atoms with Crippen LogP contribution in [-0.4, -0.2) is 18.8 Å². The second-order valence-electron chi connectivity index (χ2n) is 11.5. The lowest BCUT2D eigenvalue weighted by molar-refractivity contribution is 1.29. The Labute approximate surface area is 272 Å². The Morgan fingerprint density at radius 3 is 1.48 bits per heavy atom. The van der Waals surface area contributed by atoms with Crippen molar-refractivity contribution in [2.75, 3.05) is 0 Å². The molecule has 0 radical (unpaired) electrons. The molecule has 0 spiro atoms. The Kier molecular flexibility index (Phi) is 5.58. The van der Waals surface area contributed by atoms with Crippen LogP contribution in [0.1, 0.15) is 0 Å². The molecule has 0 fully saturated rings. The fourth-order valence-corrected chi connectivity index (χ4v) is 8.74. The van der Waals surface area contributed by atoms with E-state index in [4.69, 9.17) is 9.97 Å². The molecule has 6 heteroatoms. The monoisotopic (exact) mass is 624 g/mol. The van der Waals surface area contributed by atoms with Gasteiger partial charge in [-0.2, -0.15) is 0 Å². The van der Waals surface area contributed by atoms with Gasteiger partial charge in [0.15, 0.2) is 9.92 Å². The van der Waals surface area contributed by atoms with E-state index in [9.17, 15) is 0 Å². The molecule has 0 N–H and O–H groups in total. The van der Waals surface area contributed by atoms with Crippen LogP contribution in [0.15, 0.2) is 146 Å². The maximum absolute atomic E-state index is 5.27. The topological polar surface area (TPSA) is 34.6 Å². The second kappa shape index (κ2) is 9.97. The first-order valence-electron chi connectivity index (χ1n) is 15.3. The van der Waals surface area contributed by atoms with Gasteiger partial charge in [0.05, 0.1) is 43.2 Å². The number of benzene rings is 6. The molecule has 0 amide bonds. The molecule has 0 saturated heterocycles. The van der Waals surface area contributed by atoms with E-state index in [1.54, 1.807) is 22.7 Å². The summed E-state index contributed by atoms with van der Waals surface area (Å²) in [6.07, 6.45) is 0. The van der Waals surface area contributed by atoms with E-state index in [1.165, 1.54) is 31.2 Å². The lowest BCUT2D eigenvalue weighted by atomic mass is 9.99. The van der Waals surface area contributed by atoms with Crippen molar-refractivity contribution in [1.29, 1.82) is 0 Å². The lowest BCUT2D eigenvalue weighted by Gasteiger charge is -2.10. The third kappa shape index (κ3) is 3.84. The Morgan fingerprint density at radius 2 is 0.870 bits per heavy atom. The molecule has 10 rings (SSSR count). The average Bonchev–Trinajstić information content (AvgIpc) is 3.86.